The second kappa shape index (κ2) is 4.09. The lowest BCUT2D eigenvalue weighted by atomic mass is 9.82. The van der Waals surface area contributed by atoms with Crippen LogP contribution >= 0.6 is 11.6 Å². The molecule has 0 saturated heterocycles. The van der Waals surface area contributed by atoms with Gasteiger partial charge in [0.15, 0.2) is 0 Å². The van der Waals surface area contributed by atoms with Crippen LogP contribution in [0.4, 0.5) is 14.5 Å². The van der Waals surface area contributed by atoms with Crippen LogP contribution in [0.1, 0.15) is 12.8 Å². The molecular weight excluding hydrogens is 236 g/mol. The van der Waals surface area contributed by atoms with Crippen molar-refractivity contribution in [3.63, 3.8) is 0 Å². The molecule has 0 heterocycles. The molecule has 0 bridgehead atoms. The van der Waals surface area contributed by atoms with Gasteiger partial charge < -0.3 is 10.5 Å². The summed E-state index contributed by atoms with van der Waals surface area (Å²) in [6, 6.07) is 4.88. The minimum Gasteiger partial charge on any atom is -0.492 e. The van der Waals surface area contributed by atoms with Gasteiger partial charge in [0.25, 0.3) is 0 Å². The Hall–Kier alpha value is -1.03. The van der Waals surface area contributed by atoms with Gasteiger partial charge in [-0.05, 0) is 12.1 Å². The second-order valence-electron chi connectivity index (χ2n) is 4.13. The Bertz CT molecular complexity index is 390. The van der Waals surface area contributed by atoms with E-state index in [1.165, 1.54) is 0 Å². The van der Waals surface area contributed by atoms with E-state index in [4.69, 9.17) is 22.1 Å². The number of nitrogen functional groups attached to an aromatic ring is 1. The number of rotatable bonds is 3. The lowest BCUT2D eigenvalue weighted by Gasteiger charge is -2.34. The summed E-state index contributed by atoms with van der Waals surface area (Å²) in [7, 11) is 0. The predicted octanol–water partition coefficient (Wildman–Crippen LogP) is 3.35. The van der Waals surface area contributed by atoms with Gasteiger partial charge in [-0.1, -0.05) is 11.6 Å². The summed E-state index contributed by atoms with van der Waals surface area (Å²) in [5.41, 5.74) is 6.10. The molecule has 1 aromatic rings. The molecule has 1 fully saturated rings. The Balaban J connectivity index is 1.88. The summed E-state index contributed by atoms with van der Waals surface area (Å²) in [6.07, 6.45) is -0.208. The van der Waals surface area contributed by atoms with E-state index in [-0.39, 0.29) is 25.4 Å². The first kappa shape index (κ1) is 11.5. The molecule has 2 rings (SSSR count). The van der Waals surface area contributed by atoms with E-state index in [0.29, 0.717) is 16.5 Å². The molecule has 0 radical (unpaired) electrons. The van der Waals surface area contributed by atoms with Crippen molar-refractivity contribution < 1.29 is 13.5 Å². The van der Waals surface area contributed by atoms with Crippen LogP contribution in [0.3, 0.4) is 0 Å². The van der Waals surface area contributed by atoms with Gasteiger partial charge in [0.05, 0.1) is 11.6 Å². The van der Waals surface area contributed by atoms with Crippen LogP contribution < -0.4 is 10.5 Å². The molecule has 2 N–H and O–H groups in total. The highest BCUT2D eigenvalue weighted by Gasteiger charge is 2.45. The average Bonchev–Trinajstić information content (AvgIpc) is 2.16. The zero-order chi connectivity index (χ0) is 11.8. The van der Waals surface area contributed by atoms with Gasteiger partial charge in [-0.15, -0.1) is 0 Å². The van der Waals surface area contributed by atoms with Gasteiger partial charge in [-0.2, -0.15) is 0 Å². The molecule has 0 aromatic heterocycles. The molecule has 88 valence electrons. The van der Waals surface area contributed by atoms with Crippen LogP contribution in [0.5, 0.6) is 5.75 Å². The van der Waals surface area contributed by atoms with Crippen LogP contribution in [0.2, 0.25) is 5.02 Å². The van der Waals surface area contributed by atoms with E-state index in [0.717, 1.165) is 0 Å². The highest BCUT2D eigenvalue weighted by atomic mass is 35.5. The average molecular weight is 248 g/mol. The summed E-state index contributed by atoms with van der Waals surface area (Å²) < 4.78 is 30.5. The maximum atomic E-state index is 12.6. The summed E-state index contributed by atoms with van der Waals surface area (Å²) in [4.78, 5) is 0. The summed E-state index contributed by atoms with van der Waals surface area (Å²) in [5, 5.41) is 0.445. The van der Waals surface area contributed by atoms with Crippen molar-refractivity contribution in [1.82, 2.24) is 0 Å². The molecule has 0 spiro atoms. The van der Waals surface area contributed by atoms with E-state index in [2.05, 4.69) is 0 Å². The molecule has 1 aliphatic rings. The lowest BCUT2D eigenvalue weighted by Crippen LogP contribution is -2.38. The van der Waals surface area contributed by atoms with E-state index in [1.54, 1.807) is 18.2 Å². The molecule has 16 heavy (non-hydrogen) atoms. The molecule has 0 aliphatic heterocycles. The summed E-state index contributed by atoms with van der Waals surface area (Å²) in [5.74, 6) is -2.14. The van der Waals surface area contributed by atoms with Gasteiger partial charge in [0, 0.05) is 30.5 Å². The molecule has 2 nitrogen and oxygen atoms in total. The number of alkyl halides is 2. The van der Waals surface area contributed by atoms with Gasteiger partial charge >= 0.3 is 0 Å². The summed E-state index contributed by atoms with van der Waals surface area (Å²) >= 11 is 5.87. The van der Waals surface area contributed by atoms with Crippen LogP contribution in [0.15, 0.2) is 18.2 Å². The zero-order valence-corrected chi connectivity index (χ0v) is 9.31. The molecule has 1 saturated carbocycles. The highest BCUT2D eigenvalue weighted by molar-refractivity contribution is 6.32. The third-order valence-corrected chi connectivity index (χ3v) is 2.92. The number of hydrogen-bond donors (Lipinski definition) is 1. The molecule has 0 unspecified atom stereocenters. The topological polar surface area (TPSA) is 35.2 Å². The van der Waals surface area contributed by atoms with Gasteiger partial charge in [0.2, 0.25) is 5.92 Å². The van der Waals surface area contributed by atoms with Crippen molar-refractivity contribution in [1.29, 1.82) is 0 Å². The fourth-order valence-electron chi connectivity index (χ4n) is 1.74. The first-order valence-corrected chi connectivity index (χ1v) is 5.40. The third-order valence-electron chi connectivity index (χ3n) is 2.60. The van der Waals surface area contributed by atoms with Gasteiger partial charge in [-0.3, -0.25) is 0 Å². The number of halogens is 3. The fraction of sp³-hybridized carbons (Fsp3) is 0.455. The normalized spacial score (nSPS) is 19.2. The first-order valence-electron chi connectivity index (χ1n) is 5.02. The van der Waals surface area contributed by atoms with Crippen LogP contribution in [0.25, 0.3) is 0 Å². The fourth-order valence-corrected chi connectivity index (χ4v) is 1.91. The Morgan fingerprint density at radius 2 is 2.12 bits per heavy atom. The number of anilines is 1. The second-order valence-corrected chi connectivity index (χ2v) is 4.54. The molecular formula is C11H12ClF2NO. The van der Waals surface area contributed by atoms with Gasteiger partial charge in [-0.25, -0.2) is 8.78 Å². The van der Waals surface area contributed by atoms with Crippen molar-refractivity contribution in [3.05, 3.63) is 23.2 Å². The molecule has 1 aliphatic carbocycles. The van der Waals surface area contributed by atoms with Crippen molar-refractivity contribution >= 4 is 17.3 Å². The third kappa shape index (κ3) is 2.55. The van der Waals surface area contributed by atoms with Crippen molar-refractivity contribution in [3.8, 4) is 5.75 Å². The SMILES string of the molecule is Nc1ccc(Cl)c(OCC2CC(F)(F)C2)c1. The highest BCUT2D eigenvalue weighted by Crippen LogP contribution is 2.42. The number of ether oxygens (including phenoxy) is 1. The summed E-state index contributed by atoms with van der Waals surface area (Å²) in [6.45, 7) is 0.263. The number of benzene rings is 1. The van der Waals surface area contributed by atoms with E-state index in [9.17, 15) is 8.78 Å². The Labute approximate surface area is 97.3 Å². The molecule has 0 atom stereocenters. The van der Waals surface area contributed by atoms with Crippen LogP contribution in [0, 0.1) is 5.92 Å². The zero-order valence-electron chi connectivity index (χ0n) is 8.55. The Morgan fingerprint density at radius 3 is 2.75 bits per heavy atom. The predicted molar refractivity (Wildman–Crippen MR) is 59.0 cm³/mol. The number of hydrogen-bond acceptors (Lipinski definition) is 2. The van der Waals surface area contributed by atoms with Crippen molar-refractivity contribution in [2.75, 3.05) is 12.3 Å². The Morgan fingerprint density at radius 1 is 1.44 bits per heavy atom. The number of nitrogens with two attached hydrogens (primary N) is 1. The van der Waals surface area contributed by atoms with Crippen LogP contribution in [-0.4, -0.2) is 12.5 Å². The van der Waals surface area contributed by atoms with E-state index >= 15 is 0 Å². The smallest absolute Gasteiger partial charge is 0.248 e. The van der Waals surface area contributed by atoms with Crippen LogP contribution in [-0.2, 0) is 0 Å². The largest absolute Gasteiger partial charge is 0.492 e. The minimum atomic E-state index is -2.51. The Kier molecular flexibility index (Phi) is 2.93. The quantitative estimate of drug-likeness (QED) is 0.832. The van der Waals surface area contributed by atoms with E-state index in [1.807, 2.05) is 0 Å². The maximum Gasteiger partial charge on any atom is 0.248 e. The molecule has 0 amide bonds. The first-order chi connectivity index (χ1) is 7.46. The molecule has 1 aromatic carbocycles. The van der Waals surface area contributed by atoms with Gasteiger partial charge in [0.1, 0.15) is 5.75 Å². The maximum absolute atomic E-state index is 12.6. The lowest BCUT2D eigenvalue weighted by molar-refractivity contribution is -0.119. The standard InChI is InChI=1S/C11H12ClF2NO/c12-9-2-1-8(15)3-10(9)16-6-7-4-11(13,14)5-7/h1-3,7H,4-6,15H2. The minimum absolute atomic E-state index is 0.0903. The van der Waals surface area contributed by atoms with Crippen molar-refractivity contribution in [2.45, 2.75) is 18.8 Å². The van der Waals surface area contributed by atoms with E-state index < -0.39 is 5.92 Å². The van der Waals surface area contributed by atoms with Crippen molar-refractivity contribution in [2.24, 2.45) is 5.92 Å². The molecule has 5 heteroatoms. The monoisotopic (exact) mass is 247 g/mol.